The van der Waals surface area contributed by atoms with Crippen molar-refractivity contribution in [3.63, 3.8) is 0 Å². The molecular formula is C16H15ClN2S. The van der Waals surface area contributed by atoms with Gasteiger partial charge in [-0.25, -0.2) is 0 Å². The fourth-order valence-corrected chi connectivity index (χ4v) is 3.72. The van der Waals surface area contributed by atoms with Crippen LogP contribution in [-0.2, 0) is 0 Å². The minimum absolute atomic E-state index is 0.124. The third-order valence-electron chi connectivity index (χ3n) is 3.34. The van der Waals surface area contributed by atoms with Gasteiger partial charge < -0.3 is 5.32 Å². The number of nitrogens with one attached hydrogen (secondary N) is 1. The van der Waals surface area contributed by atoms with Crippen molar-refractivity contribution < 1.29 is 0 Å². The van der Waals surface area contributed by atoms with Crippen LogP contribution in [0.5, 0.6) is 0 Å². The van der Waals surface area contributed by atoms with Gasteiger partial charge in [0.05, 0.1) is 11.1 Å². The Balaban J connectivity index is 2.17. The summed E-state index contributed by atoms with van der Waals surface area (Å²) >= 11 is 8.02. The van der Waals surface area contributed by atoms with Gasteiger partial charge in [-0.2, -0.15) is 0 Å². The summed E-state index contributed by atoms with van der Waals surface area (Å²) in [7, 11) is 0. The van der Waals surface area contributed by atoms with Gasteiger partial charge in [-0.3, -0.25) is 4.98 Å². The van der Waals surface area contributed by atoms with Crippen LogP contribution in [0.3, 0.4) is 0 Å². The first kappa shape index (κ1) is 13.6. The molecule has 4 heteroatoms. The van der Waals surface area contributed by atoms with Crippen LogP contribution in [0.2, 0.25) is 5.02 Å². The summed E-state index contributed by atoms with van der Waals surface area (Å²) in [6.07, 6.45) is 3.74. The van der Waals surface area contributed by atoms with E-state index in [4.69, 9.17) is 11.6 Å². The van der Waals surface area contributed by atoms with Crippen molar-refractivity contribution in [3.05, 3.63) is 63.6 Å². The Labute approximate surface area is 127 Å². The van der Waals surface area contributed by atoms with Crippen LogP contribution in [0.15, 0.2) is 48.1 Å². The van der Waals surface area contributed by atoms with Crippen LogP contribution in [0.25, 0.3) is 10.8 Å². The standard InChI is InChI=1S/C16H15ClN2S/c1-2-19-15(16-14(17)7-9-20-16)13-5-3-4-11-10-18-8-6-12(11)13/h3-10,15,19H,2H2,1H3. The van der Waals surface area contributed by atoms with Crippen LogP contribution in [0, 0.1) is 0 Å². The molecule has 2 aromatic heterocycles. The first-order valence-electron chi connectivity index (χ1n) is 6.60. The minimum Gasteiger partial charge on any atom is -0.306 e. The molecule has 0 fully saturated rings. The Morgan fingerprint density at radius 2 is 2.20 bits per heavy atom. The van der Waals surface area contributed by atoms with Crippen LogP contribution < -0.4 is 5.32 Å². The number of rotatable bonds is 4. The van der Waals surface area contributed by atoms with E-state index >= 15 is 0 Å². The van der Waals surface area contributed by atoms with E-state index in [1.165, 1.54) is 10.9 Å². The van der Waals surface area contributed by atoms with Gasteiger partial charge in [0.15, 0.2) is 0 Å². The molecule has 0 aliphatic carbocycles. The van der Waals surface area contributed by atoms with E-state index in [1.54, 1.807) is 11.3 Å². The second-order valence-corrected chi connectivity index (χ2v) is 5.92. The summed E-state index contributed by atoms with van der Waals surface area (Å²) in [6.45, 7) is 3.00. The zero-order chi connectivity index (χ0) is 13.9. The van der Waals surface area contributed by atoms with E-state index < -0.39 is 0 Å². The third-order valence-corrected chi connectivity index (χ3v) is 4.76. The maximum Gasteiger partial charge on any atom is 0.0692 e. The van der Waals surface area contributed by atoms with Crippen LogP contribution in [0.4, 0.5) is 0 Å². The van der Waals surface area contributed by atoms with E-state index in [9.17, 15) is 0 Å². The lowest BCUT2D eigenvalue weighted by atomic mass is 9.99. The van der Waals surface area contributed by atoms with E-state index in [-0.39, 0.29) is 6.04 Å². The number of pyridine rings is 1. The number of benzene rings is 1. The average Bonchev–Trinajstić information content (AvgIpc) is 2.90. The maximum atomic E-state index is 6.33. The van der Waals surface area contributed by atoms with E-state index in [2.05, 4.69) is 41.5 Å². The molecule has 102 valence electrons. The Hall–Kier alpha value is -1.42. The first-order valence-corrected chi connectivity index (χ1v) is 7.86. The second kappa shape index (κ2) is 5.92. The summed E-state index contributed by atoms with van der Waals surface area (Å²) in [5.74, 6) is 0. The van der Waals surface area contributed by atoms with Crippen LogP contribution in [-0.4, -0.2) is 11.5 Å². The lowest BCUT2D eigenvalue weighted by Crippen LogP contribution is -2.21. The maximum absolute atomic E-state index is 6.33. The van der Waals surface area contributed by atoms with Gasteiger partial charge in [0.1, 0.15) is 0 Å². The van der Waals surface area contributed by atoms with E-state index in [1.807, 2.05) is 23.8 Å². The van der Waals surface area contributed by atoms with Crippen molar-refractivity contribution in [1.82, 2.24) is 10.3 Å². The molecule has 0 spiro atoms. The molecule has 1 unspecified atom stereocenters. The monoisotopic (exact) mass is 302 g/mol. The fourth-order valence-electron chi connectivity index (χ4n) is 2.46. The summed E-state index contributed by atoms with van der Waals surface area (Å²) in [5, 5.41) is 8.78. The molecule has 1 atom stereocenters. The molecule has 3 rings (SSSR count). The van der Waals surface area contributed by atoms with Crippen LogP contribution in [0.1, 0.15) is 23.4 Å². The number of hydrogen-bond acceptors (Lipinski definition) is 3. The topological polar surface area (TPSA) is 24.9 Å². The van der Waals surface area contributed by atoms with Crippen molar-refractivity contribution in [1.29, 1.82) is 0 Å². The molecule has 0 amide bonds. The second-order valence-electron chi connectivity index (χ2n) is 4.57. The SMILES string of the molecule is CCNC(c1sccc1Cl)c1cccc2cnccc12. The predicted molar refractivity (Wildman–Crippen MR) is 86.6 cm³/mol. The quantitative estimate of drug-likeness (QED) is 0.759. The Kier molecular flexibility index (Phi) is 4.01. The van der Waals surface area contributed by atoms with Gasteiger partial charge >= 0.3 is 0 Å². The predicted octanol–water partition coefficient (Wildman–Crippen LogP) is 4.65. The van der Waals surface area contributed by atoms with Crippen molar-refractivity contribution in [2.24, 2.45) is 0 Å². The average molecular weight is 303 g/mol. The van der Waals surface area contributed by atoms with Crippen molar-refractivity contribution in [3.8, 4) is 0 Å². The smallest absolute Gasteiger partial charge is 0.0692 e. The molecular weight excluding hydrogens is 288 g/mol. The summed E-state index contributed by atoms with van der Waals surface area (Å²) in [5.41, 5.74) is 1.25. The number of halogens is 1. The summed E-state index contributed by atoms with van der Waals surface area (Å²) in [4.78, 5) is 5.36. The van der Waals surface area contributed by atoms with E-state index in [0.717, 1.165) is 21.8 Å². The molecule has 1 N–H and O–H groups in total. The molecule has 3 aromatic rings. The molecule has 2 heterocycles. The third kappa shape index (κ3) is 2.44. The summed E-state index contributed by atoms with van der Waals surface area (Å²) < 4.78 is 0. The largest absolute Gasteiger partial charge is 0.306 e. The van der Waals surface area contributed by atoms with Crippen molar-refractivity contribution >= 4 is 33.7 Å². The van der Waals surface area contributed by atoms with Gasteiger partial charge in [0, 0.05) is 22.7 Å². The molecule has 0 bridgehead atoms. The number of fused-ring (bicyclic) bond motifs is 1. The highest BCUT2D eigenvalue weighted by Crippen LogP contribution is 2.35. The van der Waals surface area contributed by atoms with Gasteiger partial charge in [-0.15, -0.1) is 11.3 Å². The lowest BCUT2D eigenvalue weighted by molar-refractivity contribution is 0.643. The highest BCUT2D eigenvalue weighted by Gasteiger charge is 2.19. The Morgan fingerprint density at radius 1 is 1.30 bits per heavy atom. The molecule has 0 aliphatic heterocycles. The minimum atomic E-state index is 0.124. The van der Waals surface area contributed by atoms with Crippen LogP contribution >= 0.6 is 22.9 Å². The van der Waals surface area contributed by atoms with Gasteiger partial charge in [0.2, 0.25) is 0 Å². The number of nitrogens with zero attached hydrogens (tertiary/aromatic N) is 1. The Bertz CT molecular complexity index is 718. The zero-order valence-electron chi connectivity index (χ0n) is 11.1. The molecule has 0 saturated heterocycles. The Morgan fingerprint density at radius 3 is 2.95 bits per heavy atom. The lowest BCUT2D eigenvalue weighted by Gasteiger charge is -2.19. The van der Waals surface area contributed by atoms with Crippen molar-refractivity contribution in [2.45, 2.75) is 13.0 Å². The number of aromatic nitrogens is 1. The van der Waals surface area contributed by atoms with Gasteiger partial charge in [-0.1, -0.05) is 36.7 Å². The molecule has 0 radical (unpaired) electrons. The normalized spacial score (nSPS) is 12.7. The van der Waals surface area contributed by atoms with Crippen molar-refractivity contribution in [2.75, 3.05) is 6.54 Å². The first-order chi connectivity index (χ1) is 9.81. The molecule has 0 aliphatic rings. The van der Waals surface area contributed by atoms with Gasteiger partial charge in [-0.05, 0) is 35.0 Å². The summed E-state index contributed by atoms with van der Waals surface area (Å²) in [6, 6.07) is 10.5. The van der Waals surface area contributed by atoms with E-state index in [0.29, 0.717) is 0 Å². The molecule has 0 saturated carbocycles. The molecule has 1 aromatic carbocycles. The highest BCUT2D eigenvalue weighted by atomic mass is 35.5. The highest BCUT2D eigenvalue weighted by molar-refractivity contribution is 7.10. The zero-order valence-corrected chi connectivity index (χ0v) is 12.7. The fraction of sp³-hybridized carbons (Fsp3) is 0.188. The molecule has 20 heavy (non-hydrogen) atoms. The number of thiophene rings is 1. The van der Waals surface area contributed by atoms with Gasteiger partial charge in [0.25, 0.3) is 0 Å². The molecule has 2 nitrogen and oxygen atoms in total. The number of hydrogen-bond donors (Lipinski definition) is 1.